The molecule has 2 N–H and O–H groups in total. The molecular formula is C26H26N2O6. The number of carbonyl (C=O) groups excluding carboxylic acids is 1. The molecule has 176 valence electrons. The van der Waals surface area contributed by atoms with Gasteiger partial charge in [0.05, 0.1) is 25.5 Å². The molecule has 0 bridgehead atoms. The molecule has 0 saturated carbocycles. The highest BCUT2D eigenvalue weighted by atomic mass is 16.5. The number of hydrogen-bond acceptors (Lipinski definition) is 6. The monoisotopic (exact) mass is 462 g/mol. The maximum absolute atomic E-state index is 12.4. The maximum atomic E-state index is 12.4. The minimum absolute atomic E-state index is 0.225. The van der Waals surface area contributed by atoms with Crippen molar-refractivity contribution in [3.63, 3.8) is 0 Å². The van der Waals surface area contributed by atoms with Crippen LogP contribution < -0.4 is 19.6 Å². The number of hydrazone groups is 1. The second kappa shape index (κ2) is 12.1. The van der Waals surface area contributed by atoms with Gasteiger partial charge in [-0.2, -0.15) is 5.10 Å². The largest absolute Gasteiger partial charge is 0.493 e. The topological polar surface area (TPSA) is 106 Å². The lowest BCUT2D eigenvalue weighted by molar-refractivity contribution is 0.0696. The molecule has 0 spiro atoms. The van der Waals surface area contributed by atoms with Gasteiger partial charge in [0.2, 0.25) is 0 Å². The summed E-state index contributed by atoms with van der Waals surface area (Å²) < 4.78 is 16.7. The van der Waals surface area contributed by atoms with E-state index in [-0.39, 0.29) is 18.1 Å². The first-order valence-electron chi connectivity index (χ1n) is 10.7. The molecule has 8 heteroatoms. The number of methoxy groups -OCH3 is 1. The van der Waals surface area contributed by atoms with Crippen LogP contribution in [-0.4, -0.2) is 36.9 Å². The molecule has 0 aliphatic rings. The van der Waals surface area contributed by atoms with Gasteiger partial charge < -0.3 is 19.3 Å². The van der Waals surface area contributed by atoms with Crippen molar-refractivity contribution in [3.8, 4) is 17.2 Å². The first kappa shape index (κ1) is 24.3. The molecule has 0 fully saturated rings. The summed E-state index contributed by atoms with van der Waals surface area (Å²) >= 11 is 0. The van der Waals surface area contributed by atoms with E-state index in [1.807, 2.05) is 19.1 Å². The predicted octanol–water partition coefficient (Wildman–Crippen LogP) is 4.53. The second-order valence-electron chi connectivity index (χ2n) is 7.28. The Balaban J connectivity index is 1.57. The third-order valence-electron chi connectivity index (χ3n) is 4.73. The Kier molecular flexibility index (Phi) is 8.62. The Bertz CT molecular complexity index is 1160. The fraction of sp³-hybridized carbons (Fsp3) is 0.192. The lowest BCUT2D eigenvalue weighted by Gasteiger charge is -2.11. The van der Waals surface area contributed by atoms with Crippen LogP contribution in [0, 0.1) is 0 Å². The van der Waals surface area contributed by atoms with Crippen LogP contribution in [0.4, 0.5) is 0 Å². The molecule has 0 heterocycles. The lowest BCUT2D eigenvalue weighted by Crippen LogP contribution is -2.17. The van der Waals surface area contributed by atoms with E-state index >= 15 is 0 Å². The average Bonchev–Trinajstić information content (AvgIpc) is 2.86. The Morgan fingerprint density at radius 1 is 0.971 bits per heavy atom. The standard InChI is InChI=1S/C26H26N2O6/c1-3-13-33-23-12-11-21(15-24(23)32-2)25(29)28-27-16-19-5-4-6-22(14-19)34-17-18-7-9-20(10-8-18)26(30)31/h4-12,14-16H,3,13,17H2,1-2H3,(H,28,29)(H,30,31)/b27-16+. The van der Waals surface area contributed by atoms with Gasteiger partial charge in [-0.3, -0.25) is 4.79 Å². The van der Waals surface area contributed by atoms with Crippen molar-refractivity contribution in [1.82, 2.24) is 5.43 Å². The van der Waals surface area contributed by atoms with Crippen LogP contribution in [0.1, 0.15) is 45.2 Å². The summed E-state index contributed by atoms with van der Waals surface area (Å²) in [6.45, 7) is 2.86. The SMILES string of the molecule is CCCOc1ccc(C(=O)N/N=C/c2cccc(OCc3ccc(C(=O)O)cc3)c2)cc1OC. The number of rotatable bonds is 11. The zero-order valence-corrected chi connectivity index (χ0v) is 19.0. The van der Waals surface area contributed by atoms with Crippen LogP contribution in [0.3, 0.4) is 0 Å². The number of hydrogen-bond donors (Lipinski definition) is 2. The summed E-state index contributed by atoms with van der Waals surface area (Å²) in [5.74, 6) is 0.328. The summed E-state index contributed by atoms with van der Waals surface area (Å²) in [4.78, 5) is 23.4. The van der Waals surface area contributed by atoms with Crippen LogP contribution in [0.25, 0.3) is 0 Å². The fourth-order valence-electron chi connectivity index (χ4n) is 2.96. The van der Waals surface area contributed by atoms with Gasteiger partial charge in [0.15, 0.2) is 11.5 Å². The summed E-state index contributed by atoms with van der Waals surface area (Å²) in [6, 6.07) is 18.7. The number of ether oxygens (including phenoxy) is 3. The number of carboxylic acid groups (broad SMARTS) is 1. The van der Waals surface area contributed by atoms with E-state index in [1.165, 1.54) is 25.5 Å². The van der Waals surface area contributed by atoms with E-state index < -0.39 is 5.97 Å². The normalized spacial score (nSPS) is 10.6. The zero-order valence-electron chi connectivity index (χ0n) is 19.0. The third kappa shape index (κ3) is 6.83. The molecular weight excluding hydrogens is 436 g/mol. The Labute approximate surface area is 197 Å². The number of nitrogens with one attached hydrogen (secondary N) is 1. The Hall–Kier alpha value is -4.33. The highest BCUT2D eigenvalue weighted by molar-refractivity contribution is 5.95. The number of nitrogens with zero attached hydrogens (tertiary/aromatic N) is 1. The first-order chi connectivity index (χ1) is 16.5. The molecule has 0 aliphatic carbocycles. The van der Waals surface area contributed by atoms with Gasteiger partial charge in [-0.1, -0.05) is 31.2 Å². The number of aromatic carboxylic acids is 1. The van der Waals surface area contributed by atoms with E-state index in [9.17, 15) is 9.59 Å². The molecule has 34 heavy (non-hydrogen) atoms. The Morgan fingerprint density at radius 3 is 2.44 bits per heavy atom. The molecule has 0 unspecified atom stereocenters. The van der Waals surface area contributed by atoms with Crippen LogP contribution in [0.5, 0.6) is 17.2 Å². The predicted molar refractivity (Wildman–Crippen MR) is 128 cm³/mol. The molecule has 0 aromatic heterocycles. The van der Waals surface area contributed by atoms with Gasteiger partial charge in [0.1, 0.15) is 12.4 Å². The van der Waals surface area contributed by atoms with Gasteiger partial charge in [-0.05, 0) is 60.0 Å². The second-order valence-corrected chi connectivity index (χ2v) is 7.28. The first-order valence-corrected chi connectivity index (χ1v) is 10.7. The summed E-state index contributed by atoms with van der Waals surface area (Å²) in [5, 5.41) is 13.0. The van der Waals surface area contributed by atoms with Crippen molar-refractivity contribution in [1.29, 1.82) is 0 Å². The van der Waals surface area contributed by atoms with Gasteiger partial charge in [0.25, 0.3) is 5.91 Å². The minimum atomic E-state index is -0.969. The molecule has 0 saturated heterocycles. The molecule has 0 radical (unpaired) electrons. The maximum Gasteiger partial charge on any atom is 0.335 e. The van der Waals surface area contributed by atoms with Gasteiger partial charge >= 0.3 is 5.97 Å². The van der Waals surface area contributed by atoms with Crippen LogP contribution in [0.15, 0.2) is 71.8 Å². The highest BCUT2D eigenvalue weighted by Gasteiger charge is 2.10. The molecule has 8 nitrogen and oxygen atoms in total. The average molecular weight is 463 g/mol. The van der Waals surface area contributed by atoms with E-state index in [1.54, 1.807) is 42.5 Å². The number of amides is 1. The van der Waals surface area contributed by atoms with Gasteiger partial charge in [-0.15, -0.1) is 0 Å². The number of carboxylic acids is 1. The van der Waals surface area contributed by atoms with Crippen molar-refractivity contribution in [2.75, 3.05) is 13.7 Å². The molecule has 3 rings (SSSR count). The van der Waals surface area contributed by atoms with E-state index in [0.29, 0.717) is 29.4 Å². The molecule has 0 atom stereocenters. The van der Waals surface area contributed by atoms with Crippen LogP contribution in [-0.2, 0) is 6.61 Å². The van der Waals surface area contributed by atoms with Crippen molar-refractivity contribution < 1.29 is 28.9 Å². The van der Waals surface area contributed by atoms with Crippen LogP contribution >= 0.6 is 0 Å². The van der Waals surface area contributed by atoms with Crippen molar-refractivity contribution in [2.45, 2.75) is 20.0 Å². The molecule has 3 aromatic rings. The van der Waals surface area contributed by atoms with Crippen LogP contribution in [0.2, 0.25) is 0 Å². The van der Waals surface area contributed by atoms with Gasteiger partial charge in [-0.25, -0.2) is 10.2 Å². The van der Waals surface area contributed by atoms with Crippen molar-refractivity contribution in [3.05, 3.63) is 89.0 Å². The van der Waals surface area contributed by atoms with E-state index in [4.69, 9.17) is 19.3 Å². The fourth-order valence-corrected chi connectivity index (χ4v) is 2.96. The van der Waals surface area contributed by atoms with Crippen molar-refractivity contribution in [2.24, 2.45) is 5.10 Å². The van der Waals surface area contributed by atoms with Crippen molar-refractivity contribution >= 4 is 18.1 Å². The quantitative estimate of drug-likeness (QED) is 0.320. The summed E-state index contributed by atoms with van der Waals surface area (Å²) in [6.07, 6.45) is 2.38. The molecule has 0 aliphatic heterocycles. The highest BCUT2D eigenvalue weighted by Crippen LogP contribution is 2.28. The summed E-state index contributed by atoms with van der Waals surface area (Å²) in [5.41, 5.74) is 4.70. The Morgan fingerprint density at radius 2 is 1.74 bits per heavy atom. The number of carbonyl (C=O) groups is 2. The minimum Gasteiger partial charge on any atom is -0.493 e. The third-order valence-corrected chi connectivity index (χ3v) is 4.73. The van der Waals surface area contributed by atoms with E-state index in [0.717, 1.165) is 17.5 Å². The smallest absolute Gasteiger partial charge is 0.335 e. The number of benzene rings is 3. The van der Waals surface area contributed by atoms with Gasteiger partial charge in [0, 0.05) is 5.56 Å². The molecule has 3 aromatic carbocycles. The van der Waals surface area contributed by atoms with E-state index in [2.05, 4.69) is 10.5 Å². The zero-order chi connectivity index (χ0) is 24.3. The molecule has 1 amide bonds. The lowest BCUT2D eigenvalue weighted by atomic mass is 10.1. The summed E-state index contributed by atoms with van der Waals surface area (Å²) in [7, 11) is 1.52.